The second kappa shape index (κ2) is 6.49. The molecule has 2 heterocycles. The molecule has 0 bridgehead atoms. The van der Waals surface area contributed by atoms with Crippen LogP contribution in [-0.2, 0) is 0 Å². The normalized spacial score (nSPS) is 16.7. The third-order valence-electron chi connectivity index (χ3n) is 3.34. The molecule has 2 N–H and O–H groups in total. The minimum absolute atomic E-state index is 0.0344. The average Bonchev–Trinajstić information content (AvgIpc) is 2.92. The van der Waals surface area contributed by atoms with Crippen molar-refractivity contribution in [2.75, 3.05) is 26.2 Å². The van der Waals surface area contributed by atoms with Crippen molar-refractivity contribution >= 4 is 5.91 Å². The molecule has 1 aliphatic rings. The van der Waals surface area contributed by atoms with Crippen LogP contribution < -0.4 is 5.32 Å². The van der Waals surface area contributed by atoms with Crippen molar-refractivity contribution < 1.29 is 4.79 Å². The standard InChI is InChI=1S/C12H21N5O/c1-2-7-17(8-10-3-5-13-6-4-10)12(18)11-14-9-15-16-11/h9-10,13H,2-8H2,1H3,(H,14,15,16). The SMILES string of the molecule is CCCN(CC1CCNCC1)C(=O)c1ncn[nH]1. The molecule has 1 amide bonds. The van der Waals surface area contributed by atoms with Crippen molar-refractivity contribution in [3.05, 3.63) is 12.2 Å². The van der Waals surface area contributed by atoms with E-state index in [2.05, 4.69) is 27.4 Å². The highest BCUT2D eigenvalue weighted by Crippen LogP contribution is 2.14. The summed E-state index contributed by atoms with van der Waals surface area (Å²) in [5.41, 5.74) is 0. The maximum atomic E-state index is 12.2. The third-order valence-corrected chi connectivity index (χ3v) is 3.34. The van der Waals surface area contributed by atoms with Gasteiger partial charge < -0.3 is 10.2 Å². The number of H-pyrrole nitrogens is 1. The second-order valence-corrected chi connectivity index (χ2v) is 4.78. The number of nitrogens with zero attached hydrogens (tertiary/aromatic N) is 3. The van der Waals surface area contributed by atoms with E-state index in [1.165, 1.54) is 6.33 Å². The number of rotatable bonds is 5. The van der Waals surface area contributed by atoms with Crippen LogP contribution in [-0.4, -0.2) is 52.2 Å². The molecule has 0 aromatic carbocycles. The van der Waals surface area contributed by atoms with Crippen molar-refractivity contribution in [2.45, 2.75) is 26.2 Å². The van der Waals surface area contributed by atoms with Crippen LogP contribution in [0.25, 0.3) is 0 Å². The Morgan fingerprint density at radius 3 is 2.89 bits per heavy atom. The number of aromatic nitrogens is 3. The molecule has 18 heavy (non-hydrogen) atoms. The lowest BCUT2D eigenvalue weighted by molar-refractivity contribution is 0.0704. The molecule has 0 atom stereocenters. The number of carbonyl (C=O) groups excluding carboxylic acids is 1. The van der Waals surface area contributed by atoms with Crippen molar-refractivity contribution in [3.63, 3.8) is 0 Å². The van der Waals surface area contributed by atoms with Gasteiger partial charge in [-0.3, -0.25) is 9.89 Å². The highest BCUT2D eigenvalue weighted by Gasteiger charge is 2.22. The molecule has 0 unspecified atom stereocenters. The number of aromatic amines is 1. The number of piperidine rings is 1. The molecule has 1 fully saturated rings. The summed E-state index contributed by atoms with van der Waals surface area (Å²) in [4.78, 5) is 18.1. The van der Waals surface area contributed by atoms with E-state index in [-0.39, 0.29) is 5.91 Å². The van der Waals surface area contributed by atoms with E-state index in [1.54, 1.807) is 0 Å². The molecule has 1 saturated heterocycles. The Balaban J connectivity index is 1.96. The summed E-state index contributed by atoms with van der Waals surface area (Å²) in [5.74, 6) is 0.912. The summed E-state index contributed by atoms with van der Waals surface area (Å²) >= 11 is 0. The molecule has 0 radical (unpaired) electrons. The smallest absolute Gasteiger partial charge is 0.291 e. The Morgan fingerprint density at radius 2 is 2.28 bits per heavy atom. The lowest BCUT2D eigenvalue weighted by atomic mass is 9.97. The van der Waals surface area contributed by atoms with E-state index in [0.29, 0.717) is 11.7 Å². The molecule has 0 aliphatic carbocycles. The minimum atomic E-state index is -0.0344. The average molecular weight is 251 g/mol. The number of nitrogens with one attached hydrogen (secondary N) is 2. The van der Waals surface area contributed by atoms with Crippen molar-refractivity contribution in [1.29, 1.82) is 0 Å². The van der Waals surface area contributed by atoms with Crippen LogP contribution in [0.4, 0.5) is 0 Å². The highest BCUT2D eigenvalue weighted by molar-refractivity contribution is 5.90. The van der Waals surface area contributed by atoms with Gasteiger partial charge in [-0.15, -0.1) is 0 Å². The van der Waals surface area contributed by atoms with E-state index in [9.17, 15) is 4.79 Å². The van der Waals surface area contributed by atoms with Crippen LogP contribution in [0.3, 0.4) is 0 Å². The predicted octanol–water partition coefficient (Wildman–Crippen LogP) is 0.657. The summed E-state index contributed by atoms with van der Waals surface area (Å²) in [6, 6.07) is 0. The Labute approximate surface area is 107 Å². The molecule has 0 saturated carbocycles. The summed E-state index contributed by atoms with van der Waals surface area (Å²) in [7, 11) is 0. The fraction of sp³-hybridized carbons (Fsp3) is 0.750. The lowest BCUT2D eigenvalue weighted by Crippen LogP contribution is -2.40. The van der Waals surface area contributed by atoms with Gasteiger partial charge in [0.15, 0.2) is 0 Å². The number of amides is 1. The van der Waals surface area contributed by atoms with Gasteiger partial charge in [-0.1, -0.05) is 6.92 Å². The first-order valence-electron chi connectivity index (χ1n) is 6.66. The van der Waals surface area contributed by atoms with Gasteiger partial charge >= 0.3 is 0 Å². The van der Waals surface area contributed by atoms with Crippen LogP contribution in [0.15, 0.2) is 6.33 Å². The Hall–Kier alpha value is -1.43. The van der Waals surface area contributed by atoms with Crippen molar-refractivity contribution in [3.8, 4) is 0 Å². The quantitative estimate of drug-likeness (QED) is 0.806. The minimum Gasteiger partial charge on any atom is -0.336 e. The molecule has 1 aromatic heterocycles. The van der Waals surface area contributed by atoms with Crippen LogP contribution in [0.5, 0.6) is 0 Å². The maximum Gasteiger partial charge on any atom is 0.291 e. The molecule has 100 valence electrons. The van der Waals surface area contributed by atoms with Crippen molar-refractivity contribution in [2.24, 2.45) is 5.92 Å². The van der Waals surface area contributed by atoms with Gasteiger partial charge in [-0.2, -0.15) is 5.10 Å². The molecule has 1 aliphatic heterocycles. The maximum absolute atomic E-state index is 12.2. The monoisotopic (exact) mass is 251 g/mol. The summed E-state index contributed by atoms with van der Waals surface area (Å²) in [6.45, 7) is 5.81. The topological polar surface area (TPSA) is 73.9 Å². The summed E-state index contributed by atoms with van der Waals surface area (Å²) in [5, 5.41) is 9.73. The van der Waals surface area contributed by atoms with Crippen LogP contribution >= 0.6 is 0 Å². The fourth-order valence-corrected chi connectivity index (χ4v) is 2.38. The Bertz CT molecular complexity index is 359. The molecule has 1 aromatic rings. The first kappa shape index (κ1) is 13.0. The zero-order chi connectivity index (χ0) is 12.8. The largest absolute Gasteiger partial charge is 0.336 e. The van der Waals surface area contributed by atoms with Gasteiger partial charge in [-0.05, 0) is 38.3 Å². The molecular formula is C12H21N5O. The van der Waals surface area contributed by atoms with Crippen LogP contribution in [0, 0.1) is 5.92 Å². The van der Waals surface area contributed by atoms with Gasteiger partial charge in [0.25, 0.3) is 5.91 Å². The Morgan fingerprint density at radius 1 is 1.50 bits per heavy atom. The Kier molecular flexibility index (Phi) is 4.69. The van der Waals surface area contributed by atoms with Gasteiger partial charge in [0.1, 0.15) is 6.33 Å². The summed E-state index contributed by atoms with van der Waals surface area (Å²) < 4.78 is 0. The van der Waals surface area contributed by atoms with E-state index >= 15 is 0 Å². The third kappa shape index (κ3) is 3.29. The van der Waals surface area contributed by atoms with E-state index in [0.717, 1.165) is 45.4 Å². The highest BCUT2D eigenvalue weighted by atomic mass is 16.2. The van der Waals surface area contributed by atoms with Gasteiger partial charge in [0.2, 0.25) is 5.82 Å². The van der Waals surface area contributed by atoms with Gasteiger partial charge in [-0.25, -0.2) is 4.98 Å². The second-order valence-electron chi connectivity index (χ2n) is 4.78. The van der Waals surface area contributed by atoms with Gasteiger partial charge in [0, 0.05) is 13.1 Å². The van der Waals surface area contributed by atoms with E-state index in [1.807, 2.05) is 4.90 Å². The molecule has 6 heteroatoms. The lowest BCUT2D eigenvalue weighted by Gasteiger charge is -2.29. The first-order chi connectivity index (χ1) is 8.81. The number of hydrogen-bond donors (Lipinski definition) is 2. The molecule has 2 rings (SSSR count). The van der Waals surface area contributed by atoms with Crippen LogP contribution in [0.1, 0.15) is 36.8 Å². The van der Waals surface area contributed by atoms with Crippen LogP contribution in [0.2, 0.25) is 0 Å². The fourth-order valence-electron chi connectivity index (χ4n) is 2.38. The van der Waals surface area contributed by atoms with E-state index in [4.69, 9.17) is 0 Å². The zero-order valence-corrected chi connectivity index (χ0v) is 10.9. The molecular weight excluding hydrogens is 230 g/mol. The summed E-state index contributed by atoms with van der Waals surface area (Å²) in [6.07, 6.45) is 4.63. The van der Waals surface area contributed by atoms with E-state index < -0.39 is 0 Å². The first-order valence-corrected chi connectivity index (χ1v) is 6.66. The predicted molar refractivity (Wildman–Crippen MR) is 68.2 cm³/mol. The number of hydrogen-bond acceptors (Lipinski definition) is 4. The zero-order valence-electron chi connectivity index (χ0n) is 10.9. The molecule has 6 nitrogen and oxygen atoms in total. The van der Waals surface area contributed by atoms with Crippen molar-refractivity contribution in [1.82, 2.24) is 25.4 Å². The number of carbonyl (C=O) groups is 1. The molecule has 0 spiro atoms. The van der Waals surface area contributed by atoms with Gasteiger partial charge in [0.05, 0.1) is 0 Å².